The van der Waals surface area contributed by atoms with Gasteiger partial charge in [-0.2, -0.15) is 0 Å². The largest absolute Gasteiger partial charge is 0.359 e. The second-order valence-electron chi connectivity index (χ2n) is 14.3. The number of allylic oxidation sites excluding steroid dienone is 3. The van der Waals surface area contributed by atoms with Gasteiger partial charge >= 0.3 is 0 Å². The maximum absolute atomic E-state index is 13.4. The van der Waals surface area contributed by atoms with E-state index in [1.165, 1.54) is 35.1 Å². The number of carbonyl (C=O) groups is 6. The molecule has 4 N–H and O–H groups in total. The van der Waals surface area contributed by atoms with Crippen molar-refractivity contribution in [2.45, 2.75) is 38.8 Å². The third kappa shape index (κ3) is 11.3. The molecule has 2 aromatic rings. The molecule has 2 aliphatic heterocycles. The van der Waals surface area contributed by atoms with Crippen LogP contribution in [0.5, 0.6) is 0 Å². The molecule has 5 atom stereocenters. The smallest absolute Gasteiger partial charge is 0.299 e. The summed E-state index contributed by atoms with van der Waals surface area (Å²) in [6, 6.07) is 13.8. The van der Waals surface area contributed by atoms with Crippen molar-refractivity contribution in [3.05, 3.63) is 94.8 Å². The van der Waals surface area contributed by atoms with Gasteiger partial charge in [0, 0.05) is 71.1 Å². The number of amides is 6. The fraction of sp³-hybridized carbons (Fsp3) is 0.429. The number of aryl methyl sites for hydroxylation is 1. The summed E-state index contributed by atoms with van der Waals surface area (Å²) in [5.74, 6) is -2.29. The van der Waals surface area contributed by atoms with E-state index < -0.39 is 65.3 Å². The van der Waals surface area contributed by atoms with E-state index in [0.29, 0.717) is 25.8 Å². The summed E-state index contributed by atoms with van der Waals surface area (Å²) in [5, 5.41) is 11.1. The molecule has 2 saturated heterocycles. The van der Waals surface area contributed by atoms with Crippen LogP contribution in [0.1, 0.15) is 29.5 Å². The molecular weight excluding hydrogens is 722 g/mol. The Balaban J connectivity index is 1.19. The number of nitrogens with one attached hydrogen (secondary N) is 4. The molecule has 2 heterocycles. The maximum atomic E-state index is 13.4. The summed E-state index contributed by atoms with van der Waals surface area (Å²) in [7, 11) is 1.44. The molecule has 56 heavy (non-hydrogen) atoms. The Morgan fingerprint density at radius 1 is 0.661 bits per heavy atom. The van der Waals surface area contributed by atoms with Gasteiger partial charge in [0.25, 0.3) is 11.8 Å². The molecule has 3 aliphatic rings. The molecule has 0 spiro atoms. The standard InChI is InChI=1S/C42H48F2N6O6/c1-27-3-5-28(6-4-27)17-20-47-41(55)35-25-50(26-36(35)42(56)48-22-19-30-9-13-32(44)14-10-30)38(52)16-15-37(51)49-23-33(39(53)45-2)34(24-49)40(54)46-21-18-29-7-11-31(43)12-8-29/h3-11,13-14,31,33-36H,12,17-26H2,1-2H3,(H,45,53)(H,46,54)(H,47,55)(H,48,56)/t31?,33-,34?,35?,36?/m1/s1. The normalized spacial score (nSPS) is 21.4. The van der Waals surface area contributed by atoms with Crippen molar-refractivity contribution in [3.8, 4) is 11.8 Å². The van der Waals surface area contributed by atoms with Gasteiger partial charge in [-0.25, -0.2) is 8.78 Å². The molecule has 14 heteroatoms. The van der Waals surface area contributed by atoms with E-state index in [2.05, 4.69) is 33.1 Å². The van der Waals surface area contributed by atoms with Gasteiger partial charge in [0.2, 0.25) is 23.6 Å². The Kier molecular flexibility index (Phi) is 14.5. The first kappa shape index (κ1) is 41.3. The number of nitrogens with zero attached hydrogens (tertiary/aromatic N) is 2. The highest BCUT2D eigenvalue weighted by atomic mass is 19.1. The topological polar surface area (TPSA) is 157 Å². The van der Waals surface area contributed by atoms with Crippen LogP contribution in [-0.2, 0) is 41.6 Å². The van der Waals surface area contributed by atoms with E-state index in [0.717, 1.165) is 22.3 Å². The number of halogens is 2. The first-order chi connectivity index (χ1) is 26.9. The number of benzene rings is 2. The molecule has 5 rings (SSSR count). The molecule has 0 radical (unpaired) electrons. The highest BCUT2D eigenvalue weighted by Gasteiger charge is 2.44. The van der Waals surface area contributed by atoms with Crippen molar-refractivity contribution < 1.29 is 37.5 Å². The van der Waals surface area contributed by atoms with E-state index in [9.17, 15) is 37.5 Å². The second kappa shape index (κ2) is 19.7. The SMILES string of the molecule is CNC(=O)[C@@H]1CN(C(=O)C#CC(=O)N2CC(C(=O)NCCc3ccc(C)cc3)C(C(=O)NCCc3ccc(F)cc3)C2)CC1C(=O)NCCC1=CCC(F)C=C1. The molecule has 296 valence electrons. The van der Waals surface area contributed by atoms with Crippen molar-refractivity contribution >= 4 is 35.4 Å². The summed E-state index contributed by atoms with van der Waals surface area (Å²) < 4.78 is 26.7. The van der Waals surface area contributed by atoms with Crippen LogP contribution in [0.25, 0.3) is 0 Å². The Labute approximate surface area is 325 Å². The van der Waals surface area contributed by atoms with Gasteiger partial charge in [-0.05, 0) is 49.4 Å². The minimum atomic E-state index is -1.02. The van der Waals surface area contributed by atoms with Crippen molar-refractivity contribution in [1.82, 2.24) is 31.1 Å². The molecule has 1 aliphatic carbocycles. The summed E-state index contributed by atoms with van der Waals surface area (Å²) >= 11 is 0. The van der Waals surface area contributed by atoms with Crippen LogP contribution in [0.15, 0.2) is 72.3 Å². The fourth-order valence-electron chi connectivity index (χ4n) is 7.07. The van der Waals surface area contributed by atoms with Crippen LogP contribution < -0.4 is 21.3 Å². The predicted octanol–water partition coefficient (Wildman–Crippen LogP) is 1.78. The Morgan fingerprint density at radius 3 is 1.52 bits per heavy atom. The van der Waals surface area contributed by atoms with E-state index in [1.54, 1.807) is 24.3 Å². The van der Waals surface area contributed by atoms with E-state index >= 15 is 0 Å². The zero-order chi connectivity index (χ0) is 40.2. The second-order valence-corrected chi connectivity index (χ2v) is 14.3. The van der Waals surface area contributed by atoms with Crippen LogP contribution in [-0.4, -0.2) is 104 Å². The Hall–Kier alpha value is -5.84. The molecule has 0 saturated carbocycles. The Morgan fingerprint density at radius 2 is 1.09 bits per heavy atom. The minimum absolute atomic E-state index is 0.0834. The maximum Gasteiger partial charge on any atom is 0.299 e. The van der Waals surface area contributed by atoms with E-state index in [4.69, 9.17) is 0 Å². The lowest BCUT2D eigenvalue weighted by Gasteiger charge is -2.17. The number of alkyl halides is 1. The summed E-state index contributed by atoms with van der Waals surface area (Å²) in [6.07, 6.45) is 5.66. The molecule has 0 aromatic heterocycles. The average Bonchev–Trinajstić information content (AvgIpc) is 3.86. The van der Waals surface area contributed by atoms with Crippen LogP contribution in [0, 0.1) is 48.3 Å². The van der Waals surface area contributed by atoms with Crippen LogP contribution in [0.4, 0.5) is 8.78 Å². The van der Waals surface area contributed by atoms with E-state index in [1.807, 2.05) is 31.2 Å². The van der Waals surface area contributed by atoms with Crippen LogP contribution in [0.2, 0.25) is 0 Å². The molecule has 12 nitrogen and oxygen atoms in total. The lowest BCUT2D eigenvalue weighted by atomic mass is 9.94. The summed E-state index contributed by atoms with van der Waals surface area (Å²) in [6.45, 7) is 2.42. The lowest BCUT2D eigenvalue weighted by molar-refractivity contribution is -0.132. The number of rotatable bonds is 13. The summed E-state index contributed by atoms with van der Waals surface area (Å²) in [5.41, 5.74) is 3.85. The number of hydrogen-bond acceptors (Lipinski definition) is 6. The zero-order valence-corrected chi connectivity index (χ0v) is 31.6. The van der Waals surface area contributed by atoms with Gasteiger partial charge < -0.3 is 31.1 Å². The van der Waals surface area contributed by atoms with Gasteiger partial charge in [0.1, 0.15) is 12.0 Å². The van der Waals surface area contributed by atoms with E-state index in [-0.39, 0.29) is 51.5 Å². The molecule has 0 bridgehead atoms. The Bertz CT molecular complexity index is 1830. The minimum Gasteiger partial charge on any atom is -0.359 e. The first-order valence-electron chi connectivity index (χ1n) is 18.9. The average molecular weight is 771 g/mol. The van der Waals surface area contributed by atoms with Gasteiger partial charge in [-0.15, -0.1) is 0 Å². The molecule has 6 amide bonds. The highest BCUT2D eigenvalue weighted by molar-refractivity contribution is 6.04. The monoisotopic (exact) mass is 770 g/mol. The highest BCUT2D eigenvalue weighted by Crippen LogP contribution is 2.26. The van der Waals surface area contributed by atoms with Gasteiger partial charge in [0.15, 0.2) is 0 Å². The number of hydrogen-bond donors (Lipinski definition) is 4. The van der Waals surface area contributed by atoms with Crippen molar-refractivity contribution in [3.63, 3.8) is 0 Å². The first-order valence-corrected chi connectivity index (χ1v) is 18.9. The van der Waals surface area contributed by atoms with Crippen molar-refractivity contribution in [2.24, 2.45) is 23.7 Å². The van der Waals surface area contributed by atoms with Gasteiger partial charge in [0.05, 0.1) is 23.7 Å². The van der Waals surface area contributed by atoms with Crippen LogP contribution in [0.3, 0.4) is 0 Å². The fourth-order valence-corrected chi connectivity index (χ4v) is 7.07. The molecule has 2 fully saturated rings. The van der Waals surface area contributed by atoms with Crippen molar-refractivity contribution in [1.29, 1.82) is 0 Å². The lowest BCUT2D eigenvalue weighted by Crippen LogP contribution is -2.42. The third-order valence-electron chi connectivity index (χ3n) is 10.4. The van der Waals surface area contributed by atoms with Gasteiger partial charge in [-0.1, -0.05) is 65.8 Å². The predicted molar refractivity (Wildman–Crippen MR) is 204 cm³/mol. The van der Waals surface area contributed by atoms with Gasteiger partial charge in [-0.3, -0.25) is 28.8 Å². The molecule has 2 aromatic carbocycles. The number of likely N-dealkylation sites (tertiary alicyclic amines) is 2. The third-order valence-corrected chi connectivity index (χ3v) is 10.4. The summed E-state index contributed by atoms with van der Waals surface area (Å²) in [4.78, 5) is 81.8. The van der Waals surface area contributed by atoms with Crippen molar-refractivity contribution in [2.75, 3.05) is 52.9 Å². The molecular formula is C42H48F2N6O6. The van der Waals surface area contributed by atoms with Crippen LogP contribution >= 0.6 is 0 Å². The number of carbonyl (C=O) groups excluding carboxylic acids is 6. The zero-order valence-electron chi connectivity index (χ0n) is 31.6. The quantitative estimate of drug-likeness (QED) is 0.228. The molecule has 4 unspecified atom stereocenters.